The fourth-order valence-corrected chi connectivity index (χ4v) is 2.90. The Morgan fingerprint density at radius 3 is 2.33 bits per heavy atom. The molecule has 0 aromatic carbocycles. The summed E-state index contributed by atoms with van der Waals surface area (Å²) in [6.45, 7) is 2.46. The average Bonchev–Trinajstić information content (AvgIpc) is 2.89. The van der Waals surface area contributed by atoms with Gasteiger partial charge in [-0.3, -0.25) is 0 Å². The van der Waals surface area contributed by atoms with Crippen molar-refractivity contribution in [2.75, 3.05) is 27.2 Å². The summed E-state index contributed by atoms with van der Waals surface area (Å²) in [6.07, 6.45) is 8.76. The van der Waals surface area contributed by atoms with Crippen LogP contribution in [0.25, 0.3) is 0 Å². The molecule has 2 fully saturated rings. The van der Waals surface area contributed by atoms with E-state index >= 15 is 0 Å². The Balaban J connectivity index is 1.62. The summed E-state index contributed by atoms with van der Waals surface area (Å²) in [4.78, 5) is 2.40. The molecular formula is C13H26N2. The predicted molar refractivity (Wildman–Crippen MR) is 65.0 cm³/mol. The van der Waals surface area contributed by atoms with Gasteiger partial charge < -0.3 is 10.2 Å². The van der Waals surface area contributed by atoms with Gasteiger partial charge in [-0.2, -0.15) is 0 Å². The van der Waals surface area contributed by atoms with Gasteiger partial charge in [-0.25, -0.2) is 0 Å². The van der Waals surface area contributed by atoms with Gasteiger partial charge in [-0.05, 0) is 58.2 Å². The molecule has 0 radical (unpaired) electrons. The highest BCUT2D eigenvalue weighted by Crippen LogP contribution is 2.34. The zero-order chi connectivity index (χ0) is 10.7. The quantitative estimate of drug-likeness (QED) is 0.722. The highest BCUT2D eigenvalue weighted by atomic mass is 15.1. The van der Waals surface area contributed by atoms with Crippen molar-refractivity contribution in [1.29, 1.82) is 0 Å². The van der Waals surface area contributed by atoms with E-state index in [-0.39, 0.29) is 0 Å². The van der Waals surface area contributed by atoms with Crippen LogP contribution in [-0.2, 0) is 0 Å². The fourth-order valence-electron chi connectivity index (χ4n) is 2.90. The van der Waals surface area contributed by atoms with Crippen LogP contribution in [0, 0.1) is 11.8 Å². The molecule has 0 saturated heterocycles. The van der Waals surface area contributed by atoms with Crippen molar-refractivity contribution in [3.8, 4) is 0 Å². The first-order valence-corrected chi connectivity index (χ1v) is 6.64. The normalized spacial score (nSPS) is 25.0. The summed E-state index contributed by atoms with van der Waals surface area (Å²) in [5, 5.41) is 3.69. The number of likely N-dealkylation sites (N-methyl/N-ethyl adjacent to an activating group) is 1. The van der Waals surface area contributed by atoms with E-state index < -0.39 is 0 Å². The minimum Gasteiger partial charge on any atom is -0.315 e. The number of hydrogen-bond acceptors (Lipinski definition) is 2. The summed E-state index contributed by atoms with van der Waals surface area (Å²) in [5.41, 5.74) is 0. The van der Waals surface area contributed by atoms with Gasteiger partial charge in [0.05, 0.1) is 0 Å². The van der Waals surface area contributed by atoms with Crippen molar-refractivity contribution in [1.82, 2.24) is 10.2 Å². The third-order valence-electron chi connectivity index (χ3n) is 4.09. The molecule has 0 spiro atoms. The monoisotopic (exact) mass is 210 g/mol. The Bertz CT molecular complexity index is 179. The van der Waals surface area contributed by atoms with E-state index in [1.807, 2.05) is 0 Å². The molecule has 0 aromatic rings. The molecule has 1 N–H and O–H groups in total. The van der Waals surface area contributed by atoms with Crippen molar-refractivity contribution in [3.05, 3.63) is 0 Å². The van der Waals surface area contributed by atoms with Crippen molar-refractivity contribution < 1.29 is 0 Å². The second-order valence-electron chi connectivity index (χ2n) is 5.68. The molecule has 0 aromatic heterocycles. The molecule has 1 unspecified atom stereocenters. The maximum absolute atomic E-state index is 3.69. The standard InChI is InChI=1S/C13H26N2/c1-15(2)13(12-7-8-12)10-14-9-11-5-3-4-6-11/h11-14H,3-10H2,1-2H3. The van der Waals surface area contributed by atoms with Crippen molar-refractivity contribution >= 4 is 0 Å². The van der Waals surface area contributed by atoms with E-state index in [1.54, 1.807) is 0 Å². The van der Waals surface area contributed by atoms with Gasteiger partial charge in [0, 0.05) is 12.6 Å². The van der Waals surface area contributed by atoms with E-state index in [2.05, 4.69) is 24.3 Å². The molecule has 0 bridgehead atoms. The fraction of sp³-hybridized carbons (Fsp3) is 1.00. The van der Waals surface area contributed by atoms with E-state index in [9.17, 15) is 0 Å². The average molecular weight is 210 g/mol. The Morgan fingerprint density at radius 2 is 1.80 bits per heavy atom. The van der Waals surface area contributed by atoms with Gasteiger partial charge in [-0.15, -0.1) is 0 Å². The minimum absolute atomic E-state index is 0.784. The molecule has 0 heterocycles. The highest BCUT2D eigenvalue weighted by molar-refractivity contribution is 4.87. The zero-order valence-corrected chi connectivity index (χ0v) is 10.3. The molecule has 15 heavy (non-hydrogen) atoms. The van der Waals surface area contributed by atoms with Gasteiger partial charge in [-0.1, -0.05) is 12.8 Å². The van der Waals surface area contributed by atoms with Gasteiger partial charge in [0.1, 0.15) is 0 Å². The van der Waals surface area contributed by atoms with Gasteiger partial charge >= 0.3 is 0 Å². The summed E-state index contributed by atoms with van der Waals surface area (Å²) in [5.74, 6) is 1.96. The molecule has 0 amide bonds. The topological polar surface area (TPSA) is 15.3 Å². The number of nitrogens with zero attached hydrogens (tertiary/aromatic N) is 1. The maximum Gasteiger partial charge on any atom is 0.0242 e. The maximum atomic E-state index is 3.69. The van der Waals surface area contributed by atoms with Crippen molar-refractivity contribution in [3.63, 3.8) is 0 Å². The molecule has 0 aliphatic heterocycles. The van der Waals surface area contributed by atoms with E-state index in [0.717, 1.165) is 17.9 Å². The summed E-state index contributed by atoms with van der Waals surface area (Å²) < 4.78 is 0. The number of hydrogen-bond donors (Lipinski definition) is 1. The van der Waals surface area contributed by atoms with Crippen molar-refractivity contribution in [2.45, 2.75) is 44.6 Å². The Morgan fingerprint density at radius 1 is 1.13 bits per heavy atom. The summed E-state index contributed by atoms with van der Waals surface area (Å²) in [7, 11) is 4.44. The molecule has 1 atom stereocenters. The Labute approximate surface area is 94.4 Å². The first kappa shape index (κ1) is 11.4. The van der Waals surface area contributed by atoms with E-state index in [0.29, 0.717) is 0 Å². The molecule has 2 nitrogen and oxygen atoms in total. The molecule has 2 rings (SSSR count). The van der Waals surface area contributed by atoms with Crippen LogP contribution in [0.5, 0.6) is 0 Å². The van der Waals surface area contributed by atoms with Crippen LogP contribution in [0.3, 0.4) is 0 Å². The molecule has 2 aliphatic carbocycles. The lowest BCUT2D eigenvalue weighted by molar-refractivity contribution is 0.252. The second kappa shape index (κ2) is 5.31. The molecule has 88 valence electrons. The first-order chi connectivity index (χ1) is 7.27. The number of nitrogens with one attached hydrogen (secondary N) is 1. The first-order valence-electron chi connectivity index (χ1n) is 6.64. The Kier molecular flexibility index (Phi) is 4.04. The van der Waals surface area contributed by atoms with Crippen LogP contribution in [0.4, 0.5) is 0 Å². The Hall–Kier alpha value is -0.0800. The lowest BCUT2D eigenvalue weighted by Gasteiger charge is -2.25. The van der Waals surface area contributed by atoms with E-state index in [4.69, 9.17) is 0 Å². The summed E-state index contributed by atoms with van der Waals surface area (Å²) >= 11 is 0. The van der Waals surface area contributed by atoms with Crippen LogP contribution < -0.4 is 5.32 Å². The van der Waals surface area contributed by atoms with Crippen LogP contribution in [0.1, 0.15) is 38.5 Å². The third-order valence-corrected chi connectivity index (χ3v) is 4.09. The smallest absolute Gasteiger partial charge is 0.0242 e. The van der Waals surface area contributed by atoms with Crippen LogP contribution >= 0.6 is 0 Å². The van der Waals surface area contributed by atoms with Crippen molar-refractivity contribution in [2.24, 2.45) is 11.8 Å². The van der Waals surface area contributed by atoms with Gasteiger partial charge in [0.25, 0.3) is 0 Å². The minimum atomic E-state index is 0.784. The van der Waals surface area contributed by atoms with Crippen LogP contribution in [0.2, 0.25) is 0 Å². The summed E-state index contributed by atoms with van der Waals surface area (Å²) in [6, 6.07) is 0.784. The zero-order valence-electron chi connectivity index (χ0n) is 10.3. The lowest BCUT2D eigenvalue weighted by atomic mass is 10.1. The van der Waals surface area contributed by atoms with Gasteiger partial charge in [0.15, 0.2) is 0 Å². The van der Waals surface area contributed by atoms with Crippen LogP contribution in [0.15, 0.2) is 0 Å². The number of rotatable bonds is 6. The third kappa shape index (κ3) is 3.46. The highest BCUT2D eigenvalue weighted by Gasteiger charge is 2.32. The lowest BCUT2D eigenvalue weighted by Crippen LogP contribution is -2.40. The molecule has 2 saturated carbocycles. The second-order valence-corrected chi connectivity index (χ2v) is 5.68. The predicted octanol–water partition coefficient (Wildman–Crippen LogP) is 2.11. The molecule has 2 heteroatoms. The van der Waals surface area contributed by atoms with Gasteiger partial charge in [0.2, 0.25) is 0 Å². The van der Waals surface area contributed by atoms with E-state index in [1.165, 1.54) is 51.6 Å². The molecular weight excluding hydrogens is 184 g/mol. The van der Waals surface area contributed by atoms with Crippen LogP contribution in [-0.4, -0.2) is 38.1 Å². The largest absolute Gasteiger partial charge is 0.315 e. The SMILES string of the molecule is CN(C)C(CNCC1CCCC1)C1CC1. The molecule has 2 aliphatic rings.